The van der Waals surface area contributed by atoms with E-state index >= 15 is 0 Å². The van der Waals surface area contributed by atoms with E-state index in [2.05, 4.69) is 28.7 Å². The molecule has 0 fully saturated rings. The van der Waals surface area contributed by atoms with Crippen LogP contribution in [0.2, 0.25) is 0 Å². The number of imidazole rings is 1. The molecule has 0 aliphatic carbocycles. The zero-order valence-electron chi connectivity index (χ0n) is 9.68. The van der Waals surface area contributed by atoms with Crippen molar-refractivity contribution >= 4 is 16.3 Å². The minimum Gasteiger partial charge on any atom is -0.497 e. The Bertz CT molecular complexity index is 620. The molecule has 0 aliphatic heterocycles. The van der Waals surface area contributed by atoms with Gasteiger partial charge in [-0.05, 0) is 31.2 Å². The number of ether oxygens (including phenoxy) is 1. The summed E-state index contributed by atoms with van der Waals surface area (Å²) < 4.78 is 7.21. The average Bonchev–Trinajstić information content (AvgIpc) is 2.86. The highest BCUT2D eigenvalue weighted by atomic mass is 32.1. The van der Waals surface area contributed by atoms with Gasteiger partial charge < -0.3 is 4.74 Å². The second kappa shape index (κ2) is 3.89. The Kier molecular flexibility index (Phi) is 2.37. The van der Waals surface area contributed by atoms with Crippen molar-refractivity contribution in [3.05, 3.63) is 41.5 Å². The molecule has 1 aromatic carbocycles. The predicted molar refractivity (Wildman–Crippen MR) is 69.8 cm³/mol. The van der Waals surface area contributed by atoms with Gasteiger partial charge in [-0.3, -0.25) is 4.40 Å². The number of thiazole rings is 1. The van der Waals surface area contributed by atoms with Gasteiger partial charge in [0.15, 0.2) is 4.96 Å². The van der Waals surface area contributed by atoms with Crippen molar-refractivity contribution in [1.29, 1.82) is 0 Å². The van der Waals surface area contributed by atoms with Gasteiger partial charge in [-0.15, -0.1) is 11.3 Å². The quantitative estimate of drug-likeness (QED) is 0.691. The van der Waals surface area contributed by atoms with Gasteiger partial charge in [0.2, 0.25) is 0 Å². The second-order valence-electron chi connectivity index (χ2n) is 3.89. The Morgan fingerprint density at radius 1 is 1.18 bits per heavy atom. The Morgan fingerprint density at radius 2 is 1.94 bits per heavy atom. The lowest BCUT2D eigenvalue weighted by Crippen LogP contribution is -1.82. The van der Waals surface area contributed by atoms with E-state index in [1.807, 2.05) is 24.3 Å². The van der Waals surface area contributed by atoms with Crippen molar-refractivity contribution in [3.8, 4) is 17.0 Å². The van der Waals surface area contributed by atoms with E-state index in [1.165, 1.54) is 4.88 Å². The third-order valence-corrected chi connectivity index (χ3v) is 3.57. The lowest BCUT2D eigenvalue weighted by atomic mass is 10.2. The smallest absolute Gasteiger partial charge is 0.194 e. The van der Waals surface area contributed by atoms with Gasteiger partial charge in [0, 0.05) is 22.8 Å². The first-order chi connectivity index (χ1) is 8.26. The Balaban J connectivity index is 2.04. The first-order valence-electron chi connectivity index (χ1n) is 5.36. The van der Waals surface area contributed by atoms with Crippen LogP contribution in [0, 0.1) is 6.92 Å². The van der Waals surface area contributed by atoms with E-state index in [0.29, 0.717) is 0 Å². The number of nitrogens with zero attached hydrogens (tertiary/aromatic N) is 2. The van der Waals surface area contributed by atoms with Crippen LogP contribution in [0.4, 0.5) is 0 Å². The number of aromatic nitrogens is 2. The van der Waals surface area contributed by atoms with E-state index < -0.39 is 0 Å². The molecular weight excluding hydrogens is 232 g/mol. The molecule has 0 radical (unpaired) electrons. The van der Waals surface area contributed by atoms with Crippen LogP contribution in [0.1, 0.15) is 4.88 Å². The van der Waals surface area contributed by atoms with E-state index in [9.17, 15) is 0 Å². The van der Waals surface area contributed by atoms with Gasteiger partial charge in [-0.25, -0.2) is 4.98 Å². The van der Waals surface area contributed by atoms with Crippen LogP contribution in [-0.4, -0.2) is 16.5 Å². The number of hydrogen-bond donors (Lipinski definition) is 0. The normalized spacial score (nSPS) is 10.9. The third-order valence-electron chi connectivity index (χ3n) is 2.66. The van der Waals surface area contributed by atoms with E-state index in [4.69, 9.17) is 4.74 Å². The number of rotatable bonds is 2. The van der Waals surface area contributed by atoms with Crippen LogP contribution in [0.3, 0.4) is 0 Å². The first-order valence-corrected chi connectivity index (χ1v) is 6.17. The van der Waals surface area contributed by atoms with Crippen LogP contribution in [0.5, 0.6) is 5.75 Å². The minimum atomic E-state index is 0.866. The molecule has 0 saturated heterocycles. The molecule has 2 aromatic heterocycles. The maximum atomic E-state index is 5.14. The minimum absolute atomic E-state index is 0.866. The van der Waals surface area contributed by atoms with Gasteiger partial charge in [-0.1, -0.05) is 0 Å². The van der Waals surface area contributed by atoms with Gasteiger partial charge >= 0.3 is 0 Å². The number of hydrogen-bond acceptors (Lipinski definition) is 3. The van der Waals surface area contributed by atoms with Crippen molar-refractivity contribution in [2.45, 2.75) is 6.92 Å². The average molecular weight is 244 g/mol. The number of aryl methyl sites for hydroxylation is 1. The topological polar surface area (TPSA) is 26.5 Å². The molecule has 17 heavy (non-hydrogen) atoms. The molecule has 0 atom stereocenters. The fraction of sp³-hybridized carbons (Fsp3) is 0.154. The molecule has 0 bridgehead atoms. The van der Waals surface area contributed by atoms with E-state index in [1.54, 1.807) is 18.4 Å². The van der Waals surface area contributed by atoms with Gasteiger partial charge in [0.1, 0.15) is 5.75 Å². The number of fused-ring (bicyclic) bond motifs is 1. The van der Waals surface area contributed by atoms with Crippen molar-refractivity contribution in [2.24, 2.45) is 0 Å². The van der Waals surface area contributed by atoms with Crippen LogP contribution >= 0.6 is 11.3 Å². The monoisotopic (exact) mass is 244 g/mol. The Morgan fingerprint density at radius 3 is 2.59 bits per heavy atom. The zero-order valence-corrected chi connectivity index (χ0v) is 10.5. The van der Waals surface area contributed by atoms with Crippen LogP contribution in [0.25, 0.3) is 16.2 Å². The lowest BCUT2D eigenvalue weighted by Gasteiger charge is -2.00. The Labute approximate surface area is 103 Å². The molecule has 0 N–H and O–H groups in total. The van der Waals surface area contributed by atoms with Crippen LogP contribution in [0.15, 0.2) is 36.7 Å². The number of methoxy groups -OCH3 is 1. The first kappa shape index (κ1) is 10.4. The van der Waals surface area contributed by atoms with Crippen LogP contribution < -0.4 is 4.74 Å². The van der Waals surface area contributed by atoms with Crippen molar-refractivity contribution < 1.29 is 4.74 Å². The van der Waals surface area contributed by atoms with Gasteiger partial charge in [-0.2, -0.15) is 0 Å². The van der Waals surface area contributed by atoms with E-state index in [0.717, 1.165) is 22.0 Å². The summed E-state index contributed by atoms with van der Waals surface area (Å²) in [6, 6.07) is 7.96. The molecule has 0 aliphatic rings. The molecule has 3 rings (SSSR count). The molecule has 0 saturated carbocycles. The summed E-state index contributed by atoms with van der Waals surface area (Å²) >= 11 is 1.70. The molecule has 0 unspecified atom stereocenters. The maximum Gasteiger partial charge on any atom is 0.194 e. The highest BCUT2D eigenvalue weighted by Crippen LogP contribution is 2.24. The molecule has 3 aromatic rings. The highest BCUT2D eigenvalue weighted by molar-refractivity contribution is 7.17. The Hall–Kier alpha value is -1.81. The summed E-state index contributed by atoms with van der Waals surface area (Å²) in [6.07, 6.45) is 4.15. The highest BCUT2D eigenvalue weighted by Gasteiger charge is 2.06. The molecule has 3 nitrogen and oxygen atoms in total. The zero-order chi connectivity index (χ0) is 11.8. The fourth-order valence-corrected chi connectivity index (χ4v) is 2.62. The molecule has 0 spiro atoms. The molecular formula is C13H12N2OS. The summed E-state index contributed by atoms with van der Waals surface area (Å²) in [4.78, 5) is 6.91. The molecule has 2 heterocycles. The molecule has 86 valence electrons. The largest absolute Gasteiger partial charge is 0.497 e. The fourth-order valence-electron chi connectivity index (χ4n) is 1.81. The maximum absolute atomic E-state index is 5.14. The van der Waals surface area contributed by atoms with Crippen molar-refractivity contribution in [2.75, 3.05) is 7.11 Å². The summed E-state index contributed by atoms with van der Waals surface area (Å²) in [6.45, 7) is 2.09. The third kappa shape index (κ3) is 1.80. The summed E-state index contributed by atoms with van der Waals surface area (Å²) in [7, 11) is 1.67. The van der Waals surface area contributed by atoms with E-state index in [-0.39, 0.29) is 0 Å². The molecule has 4 heteroatoms. The summed E-state index contributed by atoms with van der Waals surface area (Å²) in [5, 5.41) is 0. The summed E-state index contributed by atoms with van der Waals surface area (Å²) in [5.41, 5.74) is 2.11. The van der Waals surface area contributed by atoms with Crippen molar-refractivity contribution in [1.82, 2.24) is 9.38 Å². The predicted octanol–water partition coefficient (Wildman–Crippen LogP) is 3.38. The van der Waals surface area contributed by atoms with Crippen molar-refractivity contribution in [3.63, 3.8) is 0 Å². The SMILES string of the molecule is COc1ccc(-c2cn3cc(C)sc3n2)cc1. The summed E-state index contributed by atoms with van der Waals surface area (Å²) in [5.74, 6) is 0.866. The molecule has 0 amide bonds. The standard InChI is InChI=1S/C13H12N2OS/c1-9-7-15-8-12(14-13(15)17-9)10-3-5-11(16-2)6-4-10/h3-8H,1-2H3. The number of benzene rings is 1. The van der Waals surface area contributed by atoms with Gasteiger partial charge in [0.25, 0.3) is 0 Å². The van der Waals surface area contributed by atoms with Crippen LogP contribution in [-0.2, 0) is 0 Å². The van der Waals surface area contributed by atoms with Gasteiger partial charge in [0.05, 0.1) is 12.8 Å². The second-order valence-corrected chi connectivity index (χ2v) is 5.10. The lowest BCUT2D eigenvalue weighted by molar-refractivity contribution is 0.415.